The van der Waals surface area contributed by atoms with Gasteiger partial charge in [-0.1, -0.05) is 31.5 Å². The lowest BCUT2D eigenvalue weighted by atomic mass is 10.2. The van der Waals surface area contributed by atoms with Crippen molar-refractivity contribution in [2.45, 2.75) is 36.8 Å². The normalized spacial score (nSPS) is 11.7. The lowest BCUT2D eigenvalue weighted by molar-refractivity contribution is -0.142. The molecule has 0 aromatic heterocycles. The standard InChI is InChI=1S/C20H21F2NO3S/c1-3-4-10-26-20(25)13(2)27-18-12-17(15(21)11-16(18)22)23-19(24)14-8-6-5-7-9-14/h5-9,11-13H,3-4,10H2,1-2H3,(H,23,24). The molecule has 0 saturated heterocycles. The minimum absolute atomic E-state index is 0.0553. The van der Waals surface area contributed by atoms with E-state index in [2.05, 4.69) is 5.32 Å². The smallest absolute Gasteiger partial charge is 0.319 e. The SMILES string of the molecule is CCCCOC(=O)C(C)Sc1cc(NC(=O)c2ccccc2)c(F)cc1F. The van der Waals surface area contributed by atoms with Gasteiger partial charge in [-0.05, 0) is 31.5 Å². The monoisotopic (exact) mass is 393 g/mol. The fourth-order valence-corrected chi connectivity index (χ4v) is 3.07. The summed E-state index contributed by atoms with van der Waals surface area (Å²) in [6, 6.07) is 10.2. The Morgan fingerprint density at radius 2 is 1.85 bits per heavy atom. The Labute approximate surface area is 161 Å². The number of ether oxygens (including phenoxy) is 1. The van der Waals surface area contributed by atoms with Crippen LogP contribution < -0.4 is 5.32 Å². The van der Waals surface area contributed by atoms with Crippen molar-refractivity contribution in [3.8, 4) is 0 Å². The van der Waals surface area contributed by atoms with Gasteiger partial charge in [0.25, 0.3) is 5.91 Å². The summed E-state index contributed by atoms with van der Waals surface area (Å²) >= 11 is 0.915. The van der Waals surface area contributed by atoms with Crippen molar-refractivity contribution in [1.82, 2.24) is 0 Å². The van der Waals surface area contributed by atoms with Crippen molar-refractivity contribution in [3.63, 3.8) is 0 Å². The molecule has 1 N–H and O–H groups in total. The molecule has 1 atom stereocenters. The third-order valence-electron chi connectivity index (χ3n) is 3.68. The Morgan fingerprint density at radius 3 is 2.52 bits per heavy atom. The van der Waals surface area contributed by atoms with E-state index in [0.29, 0.717) is 18.2 Å². The Balaban J connectivity index is 2.10. The van der Waals surface area contributed by atoms with E-state index < -0.39 is 28.8 Å². The first-order valence-electron chi connectivity index (χ1n) is 8.61. The van der Waals surface area contributed by atoms with Gasteiger partial charge in [-0.2, -0.15) is 0 Å². The van der Waals surface area contributed by atoms with E-state index in [9.17, 15) is 18.4 Å². The third-order valence-corrected chi connectivity index (χ3v) is 4.80. The molecule has 0 bridgehead atoms. The van der Waals surface area contributed by atoms with E-state index in [1.165, 1.54) is 6.07 Å². The number of benzene rings is 2. The molecule has 7 heteroatoms. The summed E-state index contributed by atoms with van der Waals surface area (Å²) in [7, 11) is 0. The summed E-state index contributed by atoms with van der Waals surface area (Å²) < 4.78 is 33.3. The molecule has 27 heavy (non-hydrogen) atoms. The lowest BCUT2D eigenvalue weighted by Gasteiger charge is -2.13. The maximum absolute atomic E-state index is 14.1. The van der Waals surface area contributed by atoms with Gasteiger partial charge in [0.2, 0.25) is 0 Å². The largest absolute Gasteiger partial charge is 0.465 e. The van der Waals surface area contributed by atoms with Crippen LogP contribution in [0.15, 0.2) is 47.4 Å². The molecule has 0 heterocycles. The van der Waals surface area contributed by atoms with Crippen LogP contribution in [0.1, 0.15) is 37.0 Å². The molecule has 0 saturated carbocycles. The number of carbonyl (C=O) groups excluding carboxylic acids is 2. The average Bonchev–Trinajstić information content (AvgIpc) is 2.66. The summed E-state index contributed by atoms with van der Waals surface area (Å²) in [6.45, 7) is 3.87. The second-order valence-electron chi connectivity index (χ2n) is 5.86. The quantitative estimate of drug-likeness (QED) is 0.388. The summed E-state index contributed by atoms with van der Waals surface area (Å²) in [5.41, 5.74) is 0.197. The minimum atomic E-state index is -0.890. The van der Waals surface area contributed by atoms with Crippen molar-refractivity contribution in [2.24, 2.45) is 0 Å². The number of esters is 1. The first-order chi connectivity index (χ1) is 12.9. The van der Waals surface area contributed by atoms with Crippen LogP contribution in [0.25, 0.3) is 0 Å². The van der Waals surface area contributed by atoms with E-state index in [0.717, 1.165) is 24.6 Å². The number of unbranched alkanes of at least 4 members (excludes halogenated alkanes) is 1. The lowest BCUT2D eigenvalue weighted by Crippen LogP contribution is -2.18. The molecular weight excluding hydrogens is 372 g/mol. The molecule has 0 aliphatic heterocycles. The van der Waals surface area contributed by atoms with Gasteiger partial charge in [-0.25, -0.2) is 8.78 Å². The molecule has 0 spiro atoms. The molecule has 4 nitrogen and oxygen atoms in total. The first-order valence-corrected chi connectivity index (χ1v) is 9.49. The second-order valence-corrected chi connectivity index (χ2v) is 7.25. The van der Waals surface area contributed by atoms with Crippen LogP contribution in [0.2, 0.25) is 0 Å². The molecule has 144 valence electrons. The average molecular weight is 393 g/mol. The Kier molecular flexibility index (Phi) is 7.79. The van der Waals surface area contributed by atoms with Gasteiger partial charge in [-0.15, -0.1) is 11.8 Å². The zero-order valence-electron chi connectivity index (χ0n) is 15.1. The molecule has 2 aromatic rings. The fourth-order valence-electron chi connectivity index (χ4n) is 2.17. The van der Waals surface area contributed by atoms with Crippen LogP contribution in [0.4, 0.5) is 14.5 Å². The zero-order valence-corrected chi connectivity index (χ0v) is 15.9. The van der Waals surface area contributed by atoms with Gasteiger partial charge in [0.05, 0.1) is 12.3 Å². The Morgan fingerprint density at radius 1 is 1.15 bits per heavy atom. The van der Waals surface area contributed by atoms with Crippen molar-refractivity contribution >= 4 is 29.3 Å². The predicted molar refractivity (Wildman–Crippen MR) is 102 cm³/mol. The van der Waals surface area contributed by atoms with Gasteiger partial charge in [0, 0.05) is 16.5 Å². The summed E-state index contributed by atoms with van der Waals surface area (Å²) in [6.07, 6.45) is 1.65. The Hall–Kier alpha value is -2.41. The highest BCUT2D eigenvalue weighted by atomic mass is 32.2. The van der Waals surface area contributed by atoms with Crippen LogP contribution >= 0.6 is 11.8 Å². The van der Waals surface area contributed by atoms with E-state index in [1.807, 2.05) is 6.92 Å². The number of nitrogens with one attached hydrogen (secondary N) is 1. The number of hydrogen-bond donors (Lipinski definition) is 1. The maximum Gasteiger partial charge on any atom is 0.319 e. The molecule has 0 fully saturated rings. The summed E-state index contributed by atoms with van der Waals surface area (Å²) in [5, 5.41) is 1.76. The predicted octanol–water partition coefficient (Wildman–Crippen LogP) is 5.04. The topological polar surface area (TPSA) is 55.4 Å². The molecule has 0 aliphatic rings. The third kappa shape index (κ3) is 6.06. The molecule has 0 radical (unpaired) electrons. The molecule has 1 unspecified atom stereocenters. The number of halogens is 2. The molecule has 1 amide bonds. The van der Waals surface area contributed by atoms with Gasteiger partial charge in [-0.3, -0.25) is 9.59 Å². The van der Waals surface area contributed by atoms with E-state index in [4.69, 9.17) is 4.74 Å². The van der Waals surface area contributed by atoms with Crippen molar-refractivity contribution in [2.75, 3.05) is 11.9 Å². The molecular formula is C20H21F2NO3S. The number of rotatable bonds is 8. The van der Waals surface area contributed by atoms with Gasteiger partial charge in [0.1, 0.15) is 16.9 Å². The number of amides is 1. The number of thioether (sulfide) groups is 1. The van der Waals surface area contributed by atoms with E-state index in [-0.39, 0.29) is 10.6 Å². The molecule has 0 aliphatic carbocycles. The van der Waals surface area contributed by atoms with Crippen molar-refractivity contribution in [1.29, 1.82) is 0 Å². The van der Waals surface area contributed by atoms with Crippen molar-refractivity contribution in [3.05, 3.63) is 59.7 Å². The van der Waals surface area contributed by atoms with Crippen LogP contribution in [0.3, 0.4) is 0 Å². The Bertz CT molecular complexity index is 799. The second kappa shape index (κ2) is 10.1. The van der Waals surface area contributed by atoms with Gasteiger partial charge in [0.15, 0.2) is 0 Å². The fraction of sp³-hybridized carbons (Fsp3) is 0.300. The van der Waals surface area contributed by atoms with Gasteiger partial charge < -0.3 is 10.1 Å². The minimum Gasteiger partial charge on any atom is -0.465 e. The number of anilines is 1. The first kappa shape index (κ1) is 20.9. The summed E-state index contributed by atoms with van der Waals surface area (Å²) in [5.74, 6) is -2.67. The zero-order chi connectivity index (χ0) is 19.8. The highest BCUT2D eigenvalue weighted by Crippen LogP contribution is 2.31. The highest BCUT2D eigenvalue weighted by molar-refractivity contribution is 8.00. The molecule has 2 rings (SSSR count). The van der Waals surface area contributed by atoms with Crippen molar-refractivity contribution < 1.29 is 23.1 Å². The summed E-state index contributed by atoms with van der Waals surface area (Å²) in [4.78, 5) is 24.2. The van der Waals surface area contributed by atoms with Gasteiger partial charge >= 0.3 is 5.97 Å². The number of carbonyl (C=O) groups is 2. The van der Waals surface area contributed by atoms with Crippen LogP contribution in [-0.2, 0) is 9.53 Å². The van der Waals surface area contributed by atoms with Crippen LogP contribution in [-0.4, -0.2) is 23.7 Å². The molecule has 2 aromatic carbocycles. The highest BCUT2D eigenvalue weighted by Gasteiger charge is 2.20. The number of hydrogen-bond acceptors (Lipinski definition) is 4. The van der Waals surface area contributed by atoms with E-state index >= 15 is 0 Å². The van der Waals surface area contributed by atoms with Crippen LogP contribution in [0.5, 0.6) is 0 Å². The van der Waals surface area contributed by atoms with Crippen LogP contribution in [0, 0.1) is 11.6 Å². The van der Waals surface area contributed by atoms with E-state index in [1.54, 1.807) is 37.3 Å². The maximum atomic E-state index is 14.1.